The third-order valence-electron chi connectivity index (χ3n) is 2.80. The predicted molar refractivity (Wildman–Crippen MR) is 83.3 cm³/mol. The Morgan fingerprint density at radius 3 is 2.24 bits per heavy atom. The van der Waals surface area contributed by atoms with Crippen molar-refractivity contribution in [1.29, 1.82) is 0 Å². The average Bonchev–Trinajstić information content (AvgIpc) is 2.43. The highest BCUT2D eigenvalue weighted by atomic mass is 35.5. The Morgan fingerprint density at radius 1 is 1.10 bits per heavy atom. The van der Waals surface area contributed by atoms with Crippen molar-refractivity contribution in [3.05, 3.63) is 47.5 Å². The highest BCUT2D eigenvalue weighted by molar-refractivity contribution is 7.89. The van der Waals surface area contributed by atoms with Crippen LogP contribution in [0.4, 0.5) is 5.69 Å². The van der Waals surface area contributed by atoms with Gasteiger partial charge in [0.05, 0.1) is 10.6 Å². The molecule has 2 aromatic carbocycles. The van der Waals surface area contributed by atoms with Crippen molar-refractivity contribution < 1.29 is 13.2 Å². The van der Waals surface area contributed by atoms with Crippen molar-refractivity contribution >= 4 is 27.3 Å². The number of nitrogen functional groups attached to an aromatic ring is 1. The molecule has 2 rings (SSSR count). The summed E-state index contributed by atoms with van der Waals surface area (Å²) in [6, 6.07) is 11.1. The lowest BCUT2D eigenvalue weighted by Crippen LogP contribution is -2.22. The molecular formula is C14H15ClN2O3S. The quantitative estimate of drug-likeness (QED) is 0.877. The molecule has 2 aromatic rings. The van der Waals surface area contributed by atoms with Gasteiger partial charge in [0.25, 0.3) is 0 Å². The second-order valence-corrected chi connectivity index (χ2v) is 7.13. The summed E-state index contributed by atoms with van der Waals surface area (Å²) >= 11 is 5.79. The number of ether oxygens (including phenoxy) is 1. The predicted octanol–water partition coefficient (Wildman–Crippen LogP) is 2.96. The lowest BCUT2D eigenvalue weighted by atomic mass is 10.3. The minimum absolute atomic E-state index is 0.119. The van der Waals surface area contributed by atoms with E-state index in [0.717, 1.165) is 4.31 Å². The molecule has 0 aliphatic rings. The number of sulfonamides is 1. The number of halogens is 1. The summed E-state index contributed by atoms with van der Waals surface area (Å²) in [7, 11) is -0.590. The first-order chi connectivity index (χ1) is 9.80. The summed E-state index contributed by atoms with van der Waals surface area (Å²) < 4.78 is 30.7. The lowest BCUT2D eigenvalue weighted by molar-refractivity contribution is 0.484. The number of benzene rings is 2. The van der Waals surface area contributed by atoms with E-state index in [2.05, 4.69) is 0 Å². The molecule has 0 saturated carbocycles. The van der Waals surface area contributed by atoms with E-state index < -0.39 is 10.0 Å². The number of hydrogen-bond donors (Lipinski definition) is 1. The highest BCUT2D eigenvalue weighted by Crippen LogP contribution is 2.30. The van der Waals surface area contributed by atoms with Gasteiger partial charge in [0.15, 0.2) is 0 Å². The maximum Gasteiger partial charge on any atom is 0.242 e. The van der Waals surface area contributed by atoms with Gasteiger partial charge in [0, 0.05) is 19.1 Å². The molecule has 7 heteroatoms. The summed E-state index contributed by atoms with van der Waals surface area (Å²) in [4.78, 5) is 0.119. The van der Waals surface area contributed by atoms with E-state index >= 15 is 0 Å². The van der Waals surface area contributed by atoms with Crippen LogP contribution in [0.3, 0.4) is 0 Å². The van der Waals surface area contributed by atoms with Crippen LogP contribution >= 0.6 is 11.6 Å². The molecule has 2 N–H and O–H groups in total. The van der Waals surface area contributed by atoms with E-state index in [1.807, 2.05) is 0 Å². The third-order valence-corrected chi connectivity index (χ3v) is 4.86. The molecule has 112 valence electrons. The molecule has 0 radical (unpaired) electrons. The first-order valence-electron chi connectivity index (χ1n) is 6.06. The summed E-state index contributed by atoms with van der Waals surface area (Å²) in [5.74, 6) is 0.948. The molecule has 0 aliphatic heterocycles. The third kappa shape index (κ3) is 3.47. The molecule has 0 amide bonds. The molecule has 21 heavy (non-hydrogen) atoms. The van der Waals surface area contributed by atoms with Gasteiger partial charge in [-0.25, -0.2) is 12.7 Å². The van der Waals surface area contributed by atoms with Gasteiger partial charge in [-0.1, -0.05) is 11.6 Å². The fourth-order valence-corrected chi connectivity index (χ4v) is 2.68. The first kappa shape index (κ1) is 15.6. The van der Waals surface area contributed by atoms with Crippen LogP contribution in [-0.4, -0.2) is 26.8 Å². The fourth-order valence-electron chi connectivity index (χ4n) is 1.62. The zero-order valence-corrected chi connectivity index (χ0v) is 13.1. The molecule has 0 aliphatic carbocycles. The summed E-state index contributed by atoms with van der Waals surface area (Å²) in [5.41, 5.74) is 6.11. The van der Waals surface area contributed by atoms with Crippen LogP contribution in [0.1, 0.15) is 0 Å². The van der Waals surface area contributed by atoms with Gasteiger partial charge in [-0.15, -0.1) is 0 Å². The summed E-state index contributed by atoms with van der Waals surface area (Å²) in [6.07, 6.45) is 0. The van der Waals surface area contributed by atoms with Crippen molar-refractivity contribution in [2.24, 2.45) is 0 Å². The zero-order valence-electron chi connectivity index (χ0n) is 11.6. The Hall–Kier alpha value is -1.76. The molecule has 0 unspecified atom stereocenters. The lowest BCUT2D eigenvalue weighted by Gasteiger charge is -2.13. The highest BCUT2D eigenvalue weighted by Gasteiger charge is 2.18. The monoisotopic (exact) mass is 326 g/mol. The van der Waals surface area contributed by atoms with Crippen molar-refractivity contribution in [3.63, 3.8) is 0 Å². The number of anilines is 1. The molecule has 0 bridgehead atoms. The zero-order chi connectivity index (χ0) is 15.6. The Morgan fingerprint density at radius 2 is 1.71 bits per heavy atom. The number of nitrogens with zero attached hydrogens (tertiary/aromatic N) is 1. The van der Waals surface area contributed by atoms with Crippen LogP contribution in [0.2, 0.25) is 5.02 Å². The van der Waals surface area contributed by atoms with Crippen molar-refractivity contribution in [2.75, 3.05) is 19.8 Å². The largest absolute Gasteiger partial charge is 0.455 e. The molecule has 0 saturated heterocycles. The second kappa shape index (κ2) is 5.93. The fraction of sp³-hybridized carbons (Fsp3) is 0.143. The van der Waals surface area contributed by atoms with Crippen LogP contribution in [-0.2, 0) is 10.0 Å². The Kier molecular flexibility index (Phi) is 4.41. The van der Waals surface area contributed by atoms with Gasteiger partial charge in [0.2, 0.25) is 10.0 Å². The van der Waals surface area contributed by atoms with Crippen molar-refractivity contribution in [2.45, 2.75) is 4.90 Å². The van der Waals surface area contributed by atoms with Crippen LogP contribution in [0.15, 0.2) is 47.4 Å². The van der Waals surface area contributed by atoms with E-state index in [4.69, 9.17) is 22.1 Å². The Labute approximate surface area is 128 Å². The molecule has 5 nitrogen and oxygen atoms in total. The Balaban J connectivity index is 2.30. The SMILES string of the molecule is CN(C)S(=O)(=O)c1ccc(Oc2ccc(Cl)cc2)c(N)c1. The van der Waals surface area contributed by atoms with E-state index in [1.165, 1.54) is 32.3 Å². The van der Waals surface area contributed by atoms with Crippen LogP contribution in [0.5, 0.6) is 11.5 Å². The number of nitrogens with two attached hydrogens (primary N) is 1. The van der Waals surface area contributed by atoms with Crippen molar-refractivity contribution in [3.8, 4) is 11.5 Å². The van der Waals surface area contributed by atoms with E-state index in [9.17, 15) is 8.42 Å². The minimum atomic E-state index is -3.51. The number of rotatable bonds is 4. The van der Waals surface area contributed by atoms with Gasteiger partial charge in [-0.05, 0) is 42.5 Å². The van der Waals surface area contributed by atoms with E-state index in [-0.39, 0.29) is 10.6 Å². The molecule has 0 fully saturated rings. The maximum absolute atomic E-state index is 12.0. The van der Waals surface area contributed by atoms with Gasteiger partial charge in [-0.3, -0.25) is 0 Å². The summed E-state index contributed by atoms with van der Waals surface area (Å²) in [6.45, 7) is 0. The Bertz CT molecular complexity index is 743. The summed E-state index contributed by atoms with van der Waals surface area (Å²) in [5, 5.41) is 0.600. The second-order valence-electron chi connectivity index (χ2n) is 4.54. The molecule has 0 spiro atoms. The maximum atomic E-state index is 12.0. The van der Waals surface area contributed by atoms with Gasteiger partial charge >= 0.3 is 0 Å². The van der Waals surface area contributed by atoms with Crippen LogP contribution < -0.4 is 10.5 Å². The van der Waals surface area contributed by atoms with E-state index in [0.29, 0.717) is 16.5 Å². The average molecular weight is 327 g/mol. The van der Waals surface area contributed by atoms with Gasteiger partial charge < -0.3 is 10.5 Å². The van der Waals surface area contributed by atoms with Crippen molar-refractivity contribution in [1.82, 2.24) is 4.31 Å². The number of hydrogen-bond acceptors (Lipinski definition) is 4. The molecule has 0 heterocycles. The molecule has 0 atom stereocenters. The first-order valence-corrected chi connectivity index (χ1v) is 7.88. The van der Waals surface area contributed by atoms with E-state index in [1.54, 1.807) is 24.3 Å². The minimum Gasteiger partial charge on any atom is -0.455 e. The van der Waals surface area contributed by atoms with Gasteiger partial charge in [-0.2, -0.15) is 0 Å². The molecule has 0 aromatic heterocycles. The van der Waals surface area contributed by atoms with Crippen LogP contribution in [0, 0.1) is 0 Å². The molecular weight excluding hydrogens is 312 g/mol. The topological polar surface area (TPSA) is 72.6 Å². The van der Waals surface area contributed by atoms with Crippen LogP contribution in [0.25, 0.3) is 0 Å². The smallest absolute Gasteiger partial charge is 0.242 e. The standard InChI is InChI=1S/C14H15ClN2O3S/c1-17(2)21(18,19)12-7-8-14(13(16)9-12)20-11-5-3-10(15)4-6-11/h3-9H,16H2,1-2H3. The normalized spacial score (nSPS) is 11.6. The van der Waals surface area contributed by atoms with Gasteiger partial charge in [0.1, 0.15) is 11.5 Å².